The van der Waals surface area contributed by atoms with Crippen LogP contribution < -0.4 is 10.6 Å². The van der Waals surface area contributed by atoms with E-state index in [1.54, 1.807) is 7.11 Å². The molecule has 0 aromatic heterocycles. The molecule has 0 amide bonds. The van der Waals surface area contributed by atoms with Gasteiger partial charge in [0.15, 0.2) is 5.96 Å². The molecule has 0 bridgehead atoms. The van der Waals surface area contributed by atoms with E-state index in [9.17, 15) is 0 Å². The van der Waals surface area contributed by atoms with Crippen molar-refractivity contribution in [3.05, 3.63) is 0 Å². The minimum absolute atomic E-state index is 0.662. The Hall–Kier alpha value is -0.460. The van der Waals surface area contributed by atoms with E-state index in [1.807, 2.05) is 7.05 Å². The topological polar surface area (TPSA) is 54.9 Å². The first-order chi connectivity index (χ1) is 9.36. The van der Waals surface area contributed by atoms with Crippen molar-refractivity contribution in [2.75, 3.05) is 52.8 Å². The molecule has 19 heavy (non-hydrogen) atoms. The number of methoxy groups -OCH3 is 1. The summed E-state index contributed by atoms with van der Waals surface area (Å²) in [5.74, 6) is 2.20. The van der Waals surface area contributed by atoms with Gasteiger partial charge in [0.2, 0.25) is 0 Å². The number of nitrogens with zero attached hydrogens (tertiary/aromatic N) is 1. The second kappa shape index (κ2) is 11.4. The van der Waals surface area contributed by atoms with E-state index in [0.29, 0.717) is 13.2 Å². The smallest absolute Gasteiger partial charge is 0.191 e. The number of thioether (sulfide) groups is 1. The Bertz CT molecular complexity index is 246. The van der Waals surface area contributed by atoms with Crippen LogP contribution in [-0.4, -0.2) is 64.0 Å². The quantitative estimate of drug-likeness (QED) is 0.378. The van der Waals surface area contributed by atoms with E-state index >= 15 is 0 Å². The van der Waals surface area contributed by atoms with Crippen LogP contribution >= 0.6 is 11.8 Å². The number of ether oxygens (including phenoxy) is 2. The summed E-state index contributed by atoms with van der Waals surface area (Å²) < 4.78 is 10.3. The third-order valence-corrected chi connectivity index (χ3v) is 4.33. The number of rotatable bonds is 9. The summed E-state index contributed by atoms with van der Waals surface area (Å²) in [6.07, 6.45) is 3.65. The molecule has 0 spiro atoms. The first-order valence-electron chi connectivity index (χ1n) is 6.99. The highest BCUT2D eigenvalue weighted by molar-refractivity contribution is 8.00. The maximum absolute atomic E-state index is 5.40. The minimum atomic E-state index is 0.662. The first-order valence-corrected chi connectivity index (χ1v) is 8.04. The minimum Gasteiger partial charge on any atom is -0.382 e. The number of guanidine groups is 1. The standard InChI is InChI=1S/C13H27N3O2S/c1-14-13(16-11-12-5-3-10-19-12)15-6-4-7-18-9-8-17-2/h12H,3-11H2,1-2H3,(H2,14,15,16). The summed E-state index contributed by atoms with van der Waals surface area (Å²) in [4.78, 5) is 4.22. The molecule has 2 N–H and O–H groups in total. The van der Waals surface area contributed by atoms with Crippen LogP contribution in [0.2, 0.25) is 0 Å². The van der Waals surface area contributed by atoms with Gasteiger partial charge in [-0.15, -0.1) is 0 Å². The third kappa shape index (κ3) is 8.34. The van der Waals surface area contributed by atoms with Gasteiger partial charge in [-0.25, -0.2) is 0 Å². The van der Waals surface area contributed by atoms with Crippen LogP contribution in [0, 0.1) is 0 Å². The lowest BCUT2D eigenvalue weighted by atomic mass is 10.2. The van der Waals surface area contributed by atoms with Crippen molar-refractivity contribution in [2.45, 2.75) is 24.5 Å². The van der Waals surface area contributed by atoms with Crippen molar-refractivity contribution in [2.24, 2.45) is 4.99 Å². The molecule has 0 radical (unpaired) electrons. The van der Waals surface area contributed by atoms with Crippen LogP contribution in [0.4, 0.5) is 0 Å². The maximum atomic E-state index is 5.40. The molecule has 1 aliphatic heterocycles. The molecule has 5 nitrogen and oxygen atoms in total. The normalized spacial score (nSPS) is 19.7. The molecule has 1 fully saturated rings. The zero-order chi connectivity index (χ0) is 13.8. The van der Waals surface area contributed by atoms with Gasteiger partial charge in [0.05, 0.1) is 13.2 Å². The van der Waals surface area contributed by atoms with Gasteiger partial charge in [0, 0.05) is 39.1 Å². The number of hydrogen-bond acceptors (Lipinski definition) is 4. The molecule has 1 unspecified atom stereocenters. The van der Waals surface area contributed by atoms with E-state index in [2.05, 4.69) is 27.4 Å². The van der Waals surface area contributed by atoms with Gasteiger partial charge >= 0.3 is 0 Å². The molecular weight excluding hydrogens is 262 g/mol. The predicted octanol–water partition coefficient (Wildman–Crippen LogP) is 1.10. The largest absolute Gasteiger partial charge is 0.382 e. The number of aliphatic imine (C=N–C) groups is 1. The van der Waals surface area contributed by atoms with Gasteiger partial charge in [0.25, 0.3) is 0 Å². The Morgan fingerprint density at radius 3 is 2.89 bits per heavy atom. The lowest BCUT2D eigenvalue weighted by Crippen LogP contribution is -2.40. The second-order valence-electron chi connectivity index (χ2n) is 4.47. The zero-order valence-electron chi connectivity index (χ0n) is 12.1. The monoisotopic (exact) mass is 289 g/mol. The molecule has 1 atom stereocenters. The summed E-state index contributed by atoms with van der Waals surface area (Å²) in [6.45, 7) is 3.98. The predicted molar refractivity (Wildman–Crippen MR) is 82.2 cm³/mol. The van der Waals surface area contributed by atoms with Crippen LogP contribution in [0.1, 0.15) is 19.3 Å². The highest BCUT2D eigenvalue weighted by Gasteiger charge is 2.15. The van der Waals surface area contributed by atoms with Crippen molar-refractivity contribution < 1.29 is 9.47 Å². The molecule has 1 rings (SSSR count). The molecule has 0 aliphatic carbocycles. The summed E-state index contributed by atoms with van der Waals surface area (Å²) in [7, 11) is 3.50. The van der Waals surface area contributed by atoms with E-state index in [4.69, 9.17) is 9.47 Å². The van der Waals surface area contributed by atoms with E-state index < -0.39 is 0 Å². The van der Waals surface area contributed by atoms with E-state index in [-0.39, 0.29) is 0 Å². The third-order valence-electron chi connectivity index (χ3n) is 2.93. The van der Waals surface area contributed by atoms with Crippen LogP contribution in [0.3, 0.4) is 0 Å². The molecule has 6 heteroatoms. The maximum Gasteiger partial charge on any atom is 0.191 e. The van der Waals surface area contributed by atoms with Crippen LogP contribution in [0.25, 0.3) is 0 Å². The molecule has 1 heterocycles. The summed E-state index contributed by atoms with van der Waals surface area (Å²) in [5.41, 5.74) is 0. The second-order valence-corrected chi connectivity index (χ2v) is 5.88. The summed E-state index contributed by atoms with van der Waals surface area (Å²) >= 11 is 2.06. The summed E-state index contributed by atoms with van der Waals surface area (Å²) in [5, 5.41) is 7.43. The fourth-order valence-electron chi connectivity index (χ4n) is 1.86. The Labute approximate surface area is 120 Å². The fraction of sp³-hybridized carbons (Fsp3) is 0.923. The van der Waals surface area contributed by atoms with E-state index in [1.165, 1.54) is 18.6 Å². The van der Waals surface area contributed by atoms with Gasteiger partial charge in [-0.2, -0.15) is 11.8 Å². The SMILES string of the molecule is CN=C(NCCCOCCOC)NCC1CCCS1. The van der Waals surface area contributed by atoms with Gasteiger partial charge in [-0.3, -0.25) is 4.99 Å². The molecule has 1 saturated heterocycles. The Morgan fingerprint density at radius 1 is 1.32 bits per heavy atom. The van der Waals surface area contributed by atoms with Crippen molar-refractivity contribution in [1.29, 1.82) is 0 Å². The highest BCUT2D eigenvalue weighted by atomic mass is 32.2. The van der Waals surface area contributed by atoms with Crippen LogP contribution in [0.5, 0.6) is 0 Å². The first kappa shape index (κ1) is 16.6. The summed E-state index contributed by atoms with van der Waals surface area (Å²) in [6, 6.07) is 0. The van der Waals surface area contributed by atoms with Crippen LogP contribution in [0.15, 0.2) is 4.99 Å². The van der Waals surface area contributed by atoms with Crippen molar-refractivity contribution in [3.63, 3.8) is 0 Å². The Kier molecular flexibility index (Phi) is 9.93. The van der Waals surface area contributed by atoms with Crippen LogP contribution in [-0.2, 0) is 9.47 Å². The van der Waals surface area contributed by atoms with Crippen molar-refractivity contribution >= 4 is 17.7 Å². The average Bonchev–Trinajstić information content (AvgIpc) is 2.94. The highest BCUT2D eigenvalue weighted by Crippen LogP contribution is 2.25. The molecular formula is C13H27N3O2S. The van der Waals surface area contributed by atoms with Gasteiger partial charge in [-0.1, -0.05) is 0 Å². The van der Waals surface area contributed by atoms with Gasteiger partial charge in [0.1, 0.15) is 0 Å². The van der Waals surface area contributed by atoms with Gasteiger partial charge in [-0.05, 0) is 25.0 Å². The Balaban J connectivity index is 1.96. The van der Waals surface area contributed by atoms with Crippen molar-refractivity contribution in [3.8, 4) is 0 Å². The zero-order valence-corrected chi connectivity index (χ0v) is 12.9. The lowest BCUT2D eigenvalue weighted by molar-refractivity contribution is 0.0698. The van der Waals surface area contributed by atoms with E-state index in [0.717, 1.165) is 37.3 Å². The molecule has 112 valence electrons. The molecule has 0 aromatic carbocycles. The number of nitrogens with one attached hydrogen (secondary N) is 2. The number of hydrogen-bond donors (Lipinski definition) is 2. The fourth-order valence-corrected chi connectivity index (χ4v) is 3.06. The molecule has 0 aromatic rings. The average molecular weight is 289 g/mol. The van der Waals surface area contributed by atoms with Gasteiger partial charge < -0.3 is 20.1 Å². The lowest BCUT2D eigenvalue weighted by Gasteiger charge is -2.14. The molecule has 1 aliphatic rings. The Morgan fingerprint density at radius 2 is 2.21 bits per heavy atom. The molecule has 0 saturated carbocycles. The van der Waals surface area contributed by atoms with Crippen molar-refractivity contribution in [1.82, 2.24) is 10.6 Å².